The van der Waals surface area contributed by atoms with E-state index in [2.05, 4.69) is 203 Å². The summed E-state index contributed by atoms with van der Waals surface area (Å²) in [6.07, 6.45) is 0. The lowest BCUT2D eigenvalue weighted by Gasteiger charge is -2.17. The smallest absolute Gasteiger partial charge is 0.0702 e. The zero-order chi connectivity index (χ0) is 37.9. The van der Waals surface area contributed by atoms with Gasteiger partial charge in [0.15, 0.2) is 0 Å². The second-order valence-corrected chi connectivity index (χ2v) is 17.3. The Morgan fingerprint density at radius 1 is 0.276 bits per heavy atom. The molecule has 9 aromatic carbocycles. The number of benzene rings is 9. The molecule has 0 N–H and O–H groups in total. The van der Waals surface area contributed by atoms with Gasteiger partial charge in [-0.1, -0.05) is 133 Å². The number of fused-ring (bicyclic) bond motifs is 12. The molecule has 0 amide bonds. The highest BCUT2D eigenvalue weighted by molar-refractivity contribution is 7.26. The number of nitrogens with zero attached hydrogens (tertiary/aromatic N) is 2. The van der Waals surface area contributed by atoms with Gasteiger partial charge in [0.1, 0.15) is 0 Å². The number of thiophene rings is 2. The summed E-state index contributed by atoms with van der Waals surface area (Å²) in [5, 5.41) is 10.3. The molecule has 0 bridgehead atoms. The number of rotatable bonds is 4. The van der Waals surface area contributed by atoms with Gasteiger partial charge >= 0.3 is 0 Å². The van der Waals surface area contributed by atoms with E-state index in [1.54, 1.807) is 0 Å². The molecule has 0 radical (unpaired) electrons. The van der Waals surface area contributed by atoms with Crippen LogP contribution in [0.3, 0.4) is 0 Å². The first-order valence-corrected chi connectivity index (χ1v) is 21.4. The van der Waals surface area contributed by atoms with Crippen molar-refractivity contribution in [1.82, 2.24) is 9.13 Å². The van der Waals surface area contributed by atoms with Gasteiger partial charge in [-0.3, -0.25) is 0 Å². The van der Waals surface area contributed by atoms with Gasteiger partial charge in [0.05, 0.1) is 33.4 Å². The van der Waals surface area contributed by atoms with Crippen LogP contribution in [0.1, 0.15) is 0 Å². The third kappa shape index (κ3) is 4.53. The summed E-state index contributed by atoms with van der Waals surface area (Å²) in [6.45, 7) is 0. The van der Waals surface area contributed by atoms with Crippen molar-refractivity contribution in [1.29, 1.82) is 0 Å². The minimum Gasteiger partial charge on any atom is -0.307 e. The van der Waals surface area contributed by atoms with Crippen LogP contribution < -0.4 is 0 Å². The Bertz CT molecular complexity index is 3560. The molecular formula is C54H32N2S2. The van der Waals surface area contributed by atoms with E-state index < -0.39 is 0 Å². The van der Waals surface area contributed by atoms with Crippen molar-refractivity contribution >= 4 is 107 Å². The molecule has 2 nitrogen and oxygen atoms in total. The van der Waals surface area contributed by atoms with Crippen molar-refractivity contribution in [2.75, 3.05) is 0 Å². The molecule has 58 heavy (non-hydrogen) atoms. The molecule has 0 fully saturated rings. The molecule has 0 aliphatic rings. The van der Waals surface area contributed by atoms with Crippen molar-refractivity contribution in [3.8, 4) is 33.6 Å². The summed E-state index contributed by atoms with van der Waals surface area (Å²) < 4.78 is 10.3. The van der Waals surface area contributed by atoms with E-state index in [0.29, 0.717) is 0 Å². The lowest BCUT2D eigenvalue weighted by molar-refractivity contribution is 1.10. The standard InChI is InChI=1S/C54H32N2S2/c1-5-21-45-37(13-1)43-31-33(35-17-11-19-41-39-15-3-9-25-51(39)57-53(35)41)27-29-47(43)55(45)49-23-7-8-24-50(49)56-46-22-6-2-14-38(46)44-32-34(28-30-48(44)56)36-18-12-20-42-40-16-4-10-26-52(40)58-54(36)42/h1-32H. The number of hydrogen-bond donors (Lipinski definition) is 0. The lowest BCUT2D eigenvalue weighted by atomic mass is 10.0. The Morgan fingerprint density at radius 3 is 1.14 bits per heavy atom. The highest BCUT2D eigenvalue weighted by Gasteiger charge is 2.21. The summed E-state index contributed by atoms with van der Waals surface area (Å²) >= 11 is 3.78. The molecule has 0 saturated carbocycles. The van der Waals surface area contributed by atoms with Gasteiger partial charge in [-0.05, 0) is 82.9 Å². The van der Waals surface area contributed by atoms with E-state index in [4.69, 9.17) is 0 Å². The van der Waals surface area contributed by atoms with Gasteiger partial charge in [-0.25, -0.2) is 0 Å². The summed E-state index contributed by atoms with van der Waals surface area (Å²) in [4.78, 5) is 0. The van der Waals surface area contributed by atoms with Crippen molar-refractivity contribution in [3.63, 3.8) is 0 Å². The largest absolute Gasteiger partial charge is 0.307 e. The van der Waals surface area contributed by atoms with Gasteiger partial charge in [0.25, 0.3) is 0 Å². The molecule has 4 heteroatoms. The van der Waals surface area contributed by atoms with E-state index in [1.807, 2.05) is 22.7 Å². The maximum Gasteiger partial charge on any atom is 0.0702 e. The topological polar surface area (TPSA) is 9.86 Å². The third-order valence-corrected chi connectivity index (χ3v) is 14.6. The number of para-hydroxylation sites is 4. The van der Waals surface area contributed by atoms with Crippen LogP contribution in [0.15, 0.2) is 194 Å². The van der Waals surface area contributed by atoms with Gasteiger partial charge in [0, 0.05) is 61.9 Å². The van der Waals surface area contributed by atoms with E-state index in [-0.39, 0.29) is 0 Å². The molecule has 0 aliphatic heterocycles. The molecule has 270 valence electrons. The minimum absolute atomic E-state index is 1.15. The van der Waals surface area contributed by atoms with Crippen LogP contribution in [0.4, 0.5) is 0 Å². The van der Waals surface area contributed by atoms with Crippen molar-refractivity contribution < 1.29 is 0 Å². The van der Waals surface area contributed by atoms with Gasteiger partial charge < -0.3 is 9.13 Å². The molecule has 4 heterocycles. The van der Waals surface area contributed by atoms with Crippen LogP contribution in [-0.2, 0) is 0 Å². The van der Waals surface area contributed by atoms with Crippen LogP contribution in [0.5, 0.6) is 0 Å². The van der Waals surface area contributed by atoms with Crippen LogP contribution in [0.25, 0.3) is 118 Å². The van der Waals surface area contributed by atoms with Gasteiger partial charge in [-0.2, -0.15) is 0 Å². The first-order chi connectivity index (χ1) is 28.8. The molecule has 0 aliphatic carbocycles. The summed E-state index contributed by atoms with van der Waals surface area (Å²) in [5.41, 5.74) is 12.1. The van der Waals surface area contributed by atoms with Crippen molar-refractivity contribution in [3.05, 3.63) is 194 Å². The predicted molar refractivity (Wildman–Crippen MR) is 252 cm³/mol. The van der Waals surface area contributed by atoms with E-state index in [9.17, 15) is 0 Å². The van der Waals surface area contributed by atoms with Crippen LogP contribution in [-0.4, -0.2) is 9.13 Å². The van der Waals surface area contributed by atoms with Crippen molar-refractivity contribution in [2.45, 2.75) is 0 Å². The second kappa shape index (κ2) is 12.3. The van der Waals surface area contributed by atoms with Crippen molar-refractivity contribution in [2.24, 2.45) is 0 Å². The van der Waals surface area contributed by atoms with E-state index in [0.717, 1.165) is 11.4 Å². The highest BCUT2D eigenvalue weighted by atomic mass is 32.1. The zero-order valence-corrected chi connectivity index (χ0v) is 32.8. The van der Waals surface area contributed by atoms with Crippen LogP contribution in [0, 0.1) is 0 Å². The fourth-order valence-electron chi connectivity index (χ4n) is 9.59. The summed E-state index contributed by atoms with van der Waals surface area (Å²) in [7, 11) is 0. The zero-order valence-electron chi connectivity index (χ0n) is 31.2. The van der Waals surface area contributed by atoms with Crippen LogP contribution in [0.2, 0.25) is 0 Å². The molecule has 0 unspecified atom stereocenters. The fourth-order valence-corrected chi connectivity index (χ4v) is 12.1. The Hall–Kier alpha value is -6.98. The summed E-state index contributed by atoms with van der Waals surface area (Å²) in [5.74, 6) is 0. The molecule has 0 atom stereocenters. The monoisotopic (exact) mass is 772 g/mol. The van der Waals surface area contributed by atoms with Crippen LogP contribution >= 0.6 is 22.7 Å². The quantitative estimate of drug-likeness (QED) is 0.169. The maximum absolute atomic E-state index is 2.47. The maximum atomic E-state index is 2.47. The minimum atomic E-state index is 1.15. The molecule has 0 spiro atoms. The Morgan fingerprint density at radius 2 is 0.655 bits per heavy atom. The molecule has 13 rings (SSSR count). The average Bonchev–Trinajstić information content (AvgIpc) is 4.04. The molecule has 13 aromatic rings. The normalized spacial score (nSPS) is 12.1. The first kappa shape index (κ1) is 32.1. The molecule has 4 aromatic heterocycles. The first-order valence-electron chi connectivity index (χ1n) is 19.8. The number of hydrogen-bond acceptors (Lipinski definition) is 2. The Kier molecular flexibility index (Phi) is 6.79. The molecule has 0 saturated heterocycles. The fraction of sp³-hybridized carbons (Fsp3) is 0. The average molecular weight is 773 g/mol. The van der Waals surface area contributed by atoms with E-state index in [1.165, 1.54) is 106 Å². The Balaban J connectivity index is 1.02. The van der Waals surface area contributed by atoms with E-state index >= 15 is 0 Å². The summed E-state index contributed by atoms with van der Waals surface area (Å²) in [6, 6.07) is 71.8. The second-order valence-electron chi connectivity index (χ2n) is 15.2. The van der Waals surface area contributed by atoms with Gasteiger partial charge in [-0.15, -0.1) is 22.7 Å². The van der Waals surface area contributed by atoms with Gasteiger partial charge in [0.2, 0.25) is 0 Å². The molecular weight excluding hydrogens is 741 g/mol. The SMILES string of the molecule is c1ccc(-n2c3ccccc3c3cc(-c4cccc5c4sc4ccccc45)ccc32)c(-n2c3ccccc3c3cc(-c4cccc5c4sc4ccccc45)ccc32)c1. The third-order valence-electron chi connectivity index (χ3n) is 12.1. The lowest BCUT2D eigenvalue weighted by Crippen LogP contribution is -2.03. The predicted octanol–water partition coefficient (Wildman–Crippen LogP) is 16.0. The Labute approximate surface area is 341 Å². The highest BCUT2D eigenvalue weighted by Crippen LogP contribution is 2.45. The number of aromatic nitrogens is 2.